The number of rotatable bonds is 6. The highest BCUT2D eigenvalue weighted by Crippen LogP contribution is 2.20. The topological polar surface area (TPSA) is 138 Å². The van der Waals surface area contributed by atoms with Gasteiger partial charge in [0.25, 0.3) is 11.8 Å². The van der Waals surface area contributed by atoms with E-state index in [2.05, 4.69) is 15.4 Å². The molecule has 0 spiro atoms. The number of carbonyl (C=O) groups is 2. The van der Waals surface area contributed by atoms with Gasteiger partial charge in [0.2, 0.25) is 0 Å². The van der Waals surface area contributed by atoms with Crippen LogP contribution in [-0.2, 0) is 4.79 Å². The predicted octanol–water partition coefficient (Wildman–Crippen LogP) is 0.966. The van der Waals surface area contributed by atoms with Gasteiger partial charge < -0.3 is 21.5 Å². The van der Waals surface area contributed by atoms with Crippen LogP contribution < -0.4 is 21.5 Å². The number of hydrogen-bond donors (Lipinski definition) is 3. The van der Waals surface area contributed by atoms with E-state index >= 15 is 0 Å². The fourth-order valence-electron chi connectivity index (χ4n) is 2.21. The monoisotopic (exact) mass is 352 g/mol. The molecule has 132 valence electrons. The molecule has 5 N–H and O–H groups in total. The zero-order valence-electron chi connectivity index (χ0n) is 13.6. The van der Waals surface area contributed by atoms with E-state index in [0.29, 0.717) is 17.3 Å². The van der Waals surface area contributed by atoms with E-state index in [0.717, 1.165) is 0 Å². The lowest BCUT2D eigenvalue weighted by Gasteiger charge is -2.08. The van der Waals surface area contributed by atoms with Gasteiger partial charge in [-0.25, -0.2) is 4.98 Å². The lowest BCUT2D eigenvalue weighted by atomic mass is 10.2. The summed E-state index contributed by atoms with van der Waals surface area (Å²) >= 11 is 0. The van der Waals surface area contributed by atoms with Gasteiger partial charge in [-0.15, -0.1) is 0 Å². The van der Waals surface area contributed by atoms with E-state index in [1.807, 2.05) is 0 Å². The number of benzene rings is 1. The second kappa shape index (κ2) is 7.34. The minimum atomic E-state index is -0.589. The molecule has 0 aliphatic carbocycles. The number of nitrogens with one attached hydrogen (secondary N) is 1. The Morgan fingerprint density at radius 1 is 1.19 bits per heavy atom. The molecule has 3 aromatic rings. The van der Waals surface area contributed by atoms with Gasteiger partial charge in [-0.1, -0.05) is 12.1 Å². The summed E-state index contributed by atoms with van der Waals surface area (Å²) in [6.07, 6.45) is 2.97. The van der Waals surface area contributed by atoms with Crippen LogP contribution >= 0.6 is 0 Å². The third kappa shape index (κ3) is 3.78. The summed E-state index contributed by atoms with van der Waals surface area (Å²) in [5.74, 6) is 0.0536. The third-order valence-electron chi connectivity index (χ3n) is 3.39. The largest absolute Gasteiger partial charge is 0.484 e. The first-order valence-electron chi connectivity index (χ1n) is 7.62. The average Bonchev–Trinajstić information content (AvgIpc) is 3.02. The second-order valence-electron chi connectivity index (χ2n) is 5.28. The molecule has 9 nitrogen and oxygen atoms in total. The van der Waals surface area contributed by atoms with Gasteiger partial charge in [0, 0.05) is 18.0 Å². The molecular weight excluding hydrogens is 336 g/mol. The molecule has 0 unspecified atom stereocenters. The van der Waals surface area contributed by atoms with Gasteiger partial charge in [-0.3, -0.25) is 9.59 Å². The van der Waals surface area contributed by atoms with Crippen molar-refractivity contribution in [3.05, 3.63) is 60.4 Å². The summed E-state index contributed by atoms with van der Waals surface area (Å²) in [7, 11) is 0. The van der Waals surface area contributed by atoms with Crippen LogP contribution in [0.1, 0.15) is 10.4 Å². The van der Waals surface area contributed by atoms with Crippen molar-refractivity contribution in [3.8, 4) is 11.6 Å². The van der Waals surface area contributed by atoms with Gasteiger partial charge in [-0.2, -0.15) is 9.78 Å². The molecule has 0 aliphatic heterocycles. The molecule has 3 rings (SSSR count). The van der Waals surface area contributed by atoms with Crippen molar-refractivity contribution in [2.24, 2.45) is 5.73 Å². The number of carbonyl (C=O) groups excluding carboxylic acids is 2. The van der Waals surface area contributed by atoms with Crippen molar-refractivity contribution in [2.75, 3.05) is 17.7 Å². The van der Waals surface area contributed by atoms with Crippen LogP contribution in [0.5, 0.6) is 5.75 Å². The summed E-state index contributed by atoms with van der Waals surface area (Å²) in [5, 5.41) is 6.81. The summed E-state index contributed by atoms with van der Waals surface area (Å²) in [6.45, 7) is -0.249. The molecule has 0 fully saturated rings. The molecule has 0 bridgehead atoms. The number of pyridine rings is 1. The van der Waals surface area contributed by atoms with Crippen LogP contribution in [0, 0.1) is 0 Å². The molecular formula is C17H16N6O3. The van der Waals surface area contributed by atoms with Crippen molar-refractivity contribution in [2.45, 2.75) is 0 Å². The van der Waals surface area contributed by atoms with Crippen molar-refractivity contribution in [1.29, 1.82) is 0 Å². The van der Waals surface area contributed by atoms with Gasteiger partial charge in [0.05, 0.1) is 6.20 Å². The molecule has 0 saturated carbocycles. The number of hydrogen-bond acceptors (Lipinski definition) is 6. The Bertz CT molecular complexity index is 939. The maximum atomic E-state index is 12.5. The zero-order valence-corrected chi connectivity index (χ0v) is 13.6. The van der Waals surface area contributed by atoms with Crippen molar-refractivity contribution in [1.82, 2.24) is 14.8 Å². The Kier molecular flexibility index (Phi) is 4.79. The van der Waals surface area contributed by atoms with E-state index < -0.39 is 11.8 Å². The SMILES string of the molecule is NC(=O)COc1cccc(NC(=O)c2cnn(-c3ccccn3)c2N)c1. The number of amides is 2. The number of aromatic nitrogens is 3. The van der Waals surface area contributed by atoms with E-state index in [4.69, 9.17) is 16.2 Å². The minimum absolute atomic E-state index is 0.169. The number of nitrogen functional groups attached to an aromatic ring is 1. The highest BCUT2D eigenvalue weighted by molar-refractivity contribution is 6.07. The third-order valence-corrected chi connectivity index (χ3v) is 3.39. The van der Waals surface area contributed by atoms with Crippen LogP contribution in [-0.4, -0.2) is 33.2 Å². The molecule has 0 aliphatic rings. The van der Waals surface area contributed by atoms with E-state index in [1.54, 1.807) is 48.7 Å². The number of primary amides is 1. The maximum Gasteiger partial charge on any atom is 0.261 e. The molecule has 2 aromatic heterocycles. The fraction of sp³-hybridized carbons (Fsp3) is 0.0588. The van der Waals surface area contributed by atoms with E-state index in [-0.39, 0.29) is 18.0 Å². The van der Waals surface area contributed by atoms with Gasteiger partial charge in [0.1, 0.15) is 17.1 Å². The molecule has 0 atom stereocenters. The summed E-state index contributed by atoms with van der Waals surface area (Å²) < 4.78 is 6.58. The lowest BCUT2D eigenvalue weighted by molar-refractivity contribution is -0.119. The summed E-state index contributed by atoms with van der Waals surface area (Å²) in [6, 6.07) is 11.8. The molecule has 0 saturated heterocycles. The van der Waals surface area contributed by atoms with Crippen molar-refractivity contribution in [3.63, 3.8) is 0 Å². The molecule has 26 heavy (non-hydrogen) atoms. The number of ether oxygens (including phenoxy) is 1. The molecule has 0 radical (unpaired) electrons. The minimum Gasteiger partial charge on any atom is -0.484 e. The summed E-state index contributed by atoms with van der Waals surface area (Å²) in [4.78, 5) is 27.4. The van der Waals surface area contributed by atoms with Gasteiger partial charge >= 0.3 is 0 Å². The van der Waals surface area contributed by atoms with Gasteiger partial charge in [-0.05, 0) is 24.3 Å². The molecule has 1 aromatic carbocycles. The summed E-state index contributed by atoms with van der Waals surface area (Å²) in [5.41, 5.74) is 11.7. The second-order valence-corrected chi connectivity index (χ2v) is 5.28. The zero-order chi connectivity index (χ0) is 18.5. The van der Waals surface area contributed by atoms with Crippen LogP contribution in [0.2, 0.25) is 0 Å². The maximum absolute atomic E-state index is 12.5. The Morgan fingerprint density at radius 3 is 2.77 bits per heavy atom. The standard InChI is InChI=1S/C17H16N6O3/c18-14(24)10-26-12-5-3-4-11(8-12)22-17(25)13-9-21-23(16(13)19)15-6-1-2-7-20-15/h1-9H,10,19H2,(H2,18,24)(H,22,25). The molecule has 2 amide bonds. The number of nitrogens with zero attached hydrogens (tertiary/aromatic N) is 3. The normalized spacial score (nSPS) is 10.3. The van der Waals surface area contributed by atoms with Crippen molar-refractivity contribution >= 4 is 23.3 Å². The average molecular weight is 352 g/mol. The van der Waals surface area contributed by atoms with Crippen molar-refractivity contribution < 1.29 is 14.3 Å². The Balaban J connectivity index is 1.76. The molecule has 9 heteroatoms. The van der Waals surface area contributed by atoms with Gasteiger partial charge in [0.15, 0.2) is 12.4 Å². The number of nitrogens with two attached hydrogens (primary N) is 2. The first-order chi connectivity index (χ1) is 12.5. The Morgan fingerprint density at radius 2 is 2.04 bits per heavy atom. The first-order valence-corrected chi connectivity index (χ1v) is 7.62. The van der Waals surface area contributed by atoms with Crippen LogP contribution in [0.4, 0.5) is 11.5 Å². The smallest absolute Gasteiger partial charge is 0.261 e. The molecule has 2 heterocycles. The Hall–Kier alpha value is -3.88. The fourth-order valence-corrected chi connectivity index (χ4v) is 2.21. The van der Waals surface area contributed by atoms with E-state index in [9.17, 15) is 9.59 Å². The predicted molar refractivity (Wildman–Crippen MR) is 94.9 cm³/mol. The number of anilines is 2. The quantitative estimate of drug-likeness (QED) is 0.604. The highest BCUT2D eigenvalue weighted by atomic mass is 16.5. The van der Waals surface area contributed by atoms with Crippen LogP contribution in [0.3, 0.4) is 0 Å². The lowest BCUT2D eigenvalue weighted by Crippen LogP contribution is -2.20. The van der Waals surface area contributed by atoms with Crippen LogP contribution in [0.15, 0.2) is 54.9 Å². The van der Waals surface area contributed by atoms with E-state index in [1.165, 1.54) is 10.9 Å². The highest BCUT2D eigenvalue weighted by Gasteiger charge is 2.17. The first kappa shape index (κ1) is 17.0. The Labute approximate surface area is 148 Å². The van der Waals surface area contributed by atoms with Crippen LogP contribution in [0.25, 0.3) is 5.82 Å².